The van der Waals surface area contributed by atoms with Gasteiger partial charge in [0.1, 0.15) is 0 Å². The Bertz CT molecular complexity index is 654. The molecule has 0 aromatic heterocycles. The van der Waals surface area contributed by atoms with Gasteiger partial charge in [0, 0.05) is 17.1 Å². The Labute approximate surface area is 149 Å². The molecule has 1 rings (SSSR count). The Morgan fingerprint density at radius 1 is 1.24 bits per heavy atom. The average molecular weight is 342 g/mol. The second kappa shape index (κ2) is 10.3. The highest BCUT2D eigenvalue weighted by Crippen LogP contribution is 2.24. The van der Waals surface area contributed by atoms with Crippen LogP contribution in [0, 0.1) is 11.8 Å². The zero-order valence-electron chi connectivity index (χ0n) is 15.1. The number of methoxy groups -OCH3 is 1. The van der Waals surface area contributed by atoms with Gasteiger partial charge in [0.2, 0.25) is 0 Å². The maximum absolute atomic E-state index is 11.7. The average Bonchev–Trinajstić information content (AvgIpc) is 2.58. The molecule has 0 aliphatic heterocycles. The summed E-state index contributed by atoms with van der Waals surface area (Å²) in [6.07, 6.45) is 6.26. The fraction of sp³-hybridized carbons (Fsp3) is 0.333. The summed E-state index contributed by atoms with van der Waals surface area (Å²) in [5, 5.41) is 9.61. The third kappa shape index (κ3) is 7.21. The lowest BCUT2D eigenvalue weighted by Gasteiger charge is -2.17. The SMILES string of the molecule is C=C(CC=C(C(=O)O)C(C=Cc1ccccc1)CC(C)C)C(=O)OC. The molecule has 134 valence electrons. The molecule has 1 aromatic carbocycles. The van der Waals surface area contributed by atoms with Gasteiger partial charge < -0.3 is 9.84 Å². The van der Waals surface area contributed by atoms with Crippen LogP contribution >= 0.6 is 0 Å². The predicted octanol–water partition coefficient (Wildman–Crippen LogP) is 4.49. The fourth-order valence-corrected chi connectivity index (χ4v) is 2.47. The van der Waals surface area contributed by atoms with E-state index in [0.717, 1.165) is 5.56 Å². The molecule has 4 nitrogen and oxygen atoms in total. The van der Waals surface area contributed by atoms with E-state index >= 15 is 0 Å². The van der Waals surface area contributed by atoms with E-state index in [-0.39, 0.29) is 23.5 Å². The summed E-state index contributed by atoms with van der Waals surface area (Å²) in [6.45, 7) is 7.74. The minimum Gasteiger partial charge on any atom is -0.478 e. The molecule has 0 aliphatic carbocycles. The molecule has 1 aromatic rings. The molecule has 1 unspecified atom stereocenters. The fourth-order valence-electron chi connectivity index (χ4n) is 2.47. The Hall–Kier alpha value is -2.62. The number of benzene rings is 1. The van der Waals surface area contributed by atoms with Crippen LogP contribution in [0.1, 0.15) is 32.3 Å². The lowest BCUT2D eigenvalue weighted by Crippen LogP contribution is -2.14. The van der Waals surface area contributed by atoms with Crippen molar-refractivity contribution in [1.29, 1.82) is 0 Å². The summed E-state index contributed by atoms with van der Waals surface area (Å²) < 4.78 is 4.61. The van der Waals surface area contributed by atoms with Gasteiger partial charge in [-0.3, -0.25) is 0 Å². The highest BCUT2D eigenvalue weighted by atomic mass is 16.5. The van der Waals surface area contributed by atoms with Crippen LogP contribution in [0.25, 0.3) is 6.08 Å². The lowest BCUT2D eigenvalue weighted by atomic mass is 9.88. The van der Waals surface area contributed by atoms with Gasteiger partial charge in [0.15, 0.2) is 0 Å². The quantitative estimate of drug-likeness (QED) is 0.530. The summed E-state index contributed by atoms with van der Waals surface area (Å²) in [5.41, 5.74) is 1.52. The minimum absolute atomic E-state index is 0.155. The van der Waals surface area contributed by atoms with Crippen molar-refractivity contribution in [2.75, 3.05) is 7.11 Å². The third-order valence-corrected chi connectivity index (χ3v) is 3.73. The van der Waals surface area contributed by atoms with Gasteiger partial charge in [-0.1, -0.05) is 69.0 Å². The van der Waals surface area contributed by atoms with Crippen molar-refractivity contribution in [3.63, 3.8) is 0 Å². The van der Waals surface area contributed by atoms with Crippen LogP contribution in [-0.2, 0) is 14.3 Å². The van der Waals surface area contributed by atoms with Crippen molar-refractivity contribution in [1.82, 2.24) is 0 Å². The van der Waals surface area contributed by atoms with E-state index in [2.05, 4.69) is 25.2 Å². The largest absolute Gasteiger partial charge is 0.478 e. The summed E-state index contributed by atoms with van der Waals surface area (Å²) in [6, 6.07) is 9.74. The van der Waals surface area contributed by atoms with Crippen molar-refractivity contribution in [3.05, 3.63) is 65.8 Å². The molecule has 0 aliphatic rings. The Morgan fingerprint density at radius 2 is 1.88 bits per heavy atom. The highest BCUT2D eigenvalue weighted by Gasteiger charge is 2.20. The van der Waals surface area contributed by atoms with Gasteiger partial charge >= 0.3 is 11.9 Å². The molecule has 0 saturated carbocycles. The number of carbonyl (C=O) groups is 2. The van der Waals surface area contributed by atoms with Gasteiger partial charge in [0.05, 0.1) is 7.11 Å². The van der Waals surface area contributed by atoms with Crippen LogP contribution in [-0.4, -0.2) is 24.2 Å². The molecule has 4 heteroatoms. The molecule has 0 bridgehead atoms. The molecule has 0 radical (unpaired) electrons. The number of rotatable bonds is 9. The van der Waals surface area contributed by atoms with E-state index in [9.17, 15) is 14.7 Å². The number of ether oxygens (including phenoxy) is 1. The summed E-state index contributed by atoms with van der Waals surface area (Å²) >= 11 is 0. The van der Waals surface area contributed by atoms with E-state index in [4.69, 9.17) is 0 Å². The smallest absolute Gasteiger partial charge is 0.333 e. The van der Waals surface area contributed by atoms with Crippen LogP contribution < -0.4 is 0 Å². The lowest BCUT2D eigenvalue weighted by molar-refractivity contribution is -0.136. The minimum atomic E-state index is -0.985. The maximum atomic E-state index is 11.7. The number of carboxylic acids is 1. The first-order valence-electron chi connectivity index (χ1n) is 8.27. The molecule has 1 atom stereocenters. The first-order valence-corrected chi connectivity index (χ1v) is 8.27. The Balaban J connectivity index is 3.05. The molecule has 0 heterocycles. The van der Waals surface area contributed by atoms with Gasteiger partial charge in [-0.25, -0.2) is 9.59 Å². The number of aliphatic carboxylic acids is 1. The summed E-state index contributed by atoms with van der Waals surface area (Å²) in [4.78, 5) is 23.2. The van der Waals surface area contributed by atoms with Crippen molar-refractivity contribution in [3.8, 4) is 0 Å². The van der Waals surface area contributed by atoms with E-state index in [1.807, 2.05) is 42.5 Å². The number of esters is 1. The summed E-state index contributed by atoms with van der Waals surface area (Å²) in [7, 11) is 1.28. The number of carbonyl (C=O) groups excluding carboxylic acids is 1. The zero-order chi connectivity index (χ0) is 18.8. The summed E-state index contributed by atoms with van der Waals surface area (Å²) in [5.74, 6) is -1.43. The van der Waals surface area contributed by atoms with Gasteiger partial charge in [0.25, 0.3) is 0 Å². The van der Waals surface area contributed by atoms with E-state index < -0.39 is 11.9 Å². The Morgan fingerprint density at radius 3 is 2.40 bits per heavy atom. The van der Waals surface area contributed by atoms with Crippen LogP contribution in [0.15, 0.2) is 60.2 Å². The molecular weight excluding hydrogens is 316 g/mol. The van der Waals surface area contributed by atoms with Crippen molar-refractivity contribution < 1.29 is 19.4 Å². The molecule has 0 fully saturated rings. The first-order chi connectivity index (χ1) is 11.8. The van der Waals surface area contributed by atoms with Gasteiger partial charge in [-0.15, -0.1) is 0 Å². The molecule has 0 amide bonds. The van der Waals surface area contributed by atoms with Crippen LogP contribution in [0.4, 0.5) is 0 Å². The standard InChI is InChI=1S/C21H26O4/c1-15(2)14-18(12-11-17-8-6-5-7-9-17)19(20(22)23)13-10-16(3)21(24)25-4/h5-9,11-13,15,18H,3,10,14H2,1-2,4H3,(H,22,23). The van der Waals surface area contributed by atoms with Gasteiger partial charge in [-0.05, 0) is 24.3 Å². The van der Waals surface area contributed by atoms with Crippen molar-refractivity contribution >= 4 is 18.0 Å². The normalized spacial score (nSPS) is 13.0. The number of hydrogen-bond donors (Lipinski definition) is 1. The van der Waals surface area contributed by atoms with Crippen molar-refractivity contribution in [2.45, 2.75) is 26.7 Å². The van der Waals surface area contributed by atoms with E-state index in [1.165, 1.54) is 7.11 Å². The monoisotopic (exact) mass is 342 g/mol. The molecule has 0 saturated heterocycles. The molecule has 25 heavy (non-hydrogen) atoms. The number of hydrogen-bond acceptors (Lipinski definition) is 3. The van der Waals surface area contributed by atoms with Crippen LogP contribution in [0.3, 0.4) is 0 Å². The van der Waals surface area contributed by atoms with Crippen LogP contribution in [0.5, 0.6) is 0 Å². The van der Waals surface area contributed by atoms with Crippen LogP contribution in [0.2, 0.25) is 0 Å². The highest BCUT2D eigenvalue weighted by molar-refractivity contribution is 5.90. The topological polar surface area (TPSA) is 63.6 Å². The second-order valence-corrected chi connectivity index (χ2v) is 6.27. The number of carboxylic acid groups (broad SMARTS) is 1. The number of allylic oxidation sites excluding steroid dienone is 2. The molecular formula is C21H26O4. The first kappa shape index (κ1) is 20.4. The zero-order valence-corrected chi connectivity index (χ0v) is 15.1. The van der Waals surface area contributed by atoms with Gasteiger partial charge in [-0.2, -0.15) is 0 Å². The maximum Gasteiger partial charge on any atom is 0.333 e. The third-order valence-electron chi connectivity index (χ3n) is 3.73. The van der Waals surface area contributed by atoms with E-state index in [1.54, 1.807) is 6.08 Å². The predicted molar refractivity (Wildman–Crippen MR) is 99.9 cm³/mol. The Kier molecular flexibility index (Phi) is 8.40. The van der Waals surface area contributed by atoms with E-state index in [0.29, 0.717) is 12.3 Å². The molecule has 0 spiro atoms. The second-order valence-electron chi connectivity index (χ2n) is 6.27. The van der Waals surface area contributed by atoms with Crippen molar-refractivity contribution in [2.24, 2.45) is 11.8 Å². The molecule has 1 N–H and O–H groups in total.